The van der Waals surface area contributed by atoms with Gasteiger partial charge in [-0.2, -0.15) is 0 Å². The van der Waals surface area contributed by atoms with Crippen LogP contribution in [0.4, 0.5) is 0 Å². The van der Waals surface area contributed by atoms with Crippen molar-refractivity contribution in [3.05, 3.63) is 29.8 Å². The number of nitrogens with one attached hydrogen (secondary N) is 2. The molecule has 1 aromatic rings. The number of benzene rings is 1. The first-order valence-corrected chi connectivity index (χ1v) is 12.6. The summed E-state index contributed by atoms with van der Waals surface area (Å²) in [7, 11) is 0. The summed E-state index contributed by atoms with van der Waals surface area (Å²) >= 11 is 0. The van der Waals surface area contributed by atoms with Crippen molar-refractivity contribution in [2.24, 2.45) is 5.92 Å². The Morgan fingerprint density at radius 3 is 2.44 bits per heavy atom. The number of ether oxygens (including phenoxy) is 1. The van der Waals surface area contributed by atoms with Gasteiger partial charge in [0.1, 0.15) is 11.8 Å². The van der Waals surface area contributed by atoms with E-state index in [2.05, 4.69) is 29.4 Å². The Bertz CT molecular complexity index is 669. The van der Waals surface area contributed by atoms with Crippen LogP contribution in [0.1, 0.15) is 82.5 Å². The Balaban J connectivity index is 1.76. The minimum atomic E-state index is -0.511. The smallest absolute Gasteiger partial charge is 0.251 e. The molecule has 0 saturated carbocycles. The molecule has 2 N–H and O–H groups in total. The van der Waals surface area contributed by atoms with Gasteiger partial charge >= 0.3 is 0 Å². The van der Waals surface area contributed by atoms with Crippen molar-refractivity contribution >= 4 is 11.8 Å². The van der Waals surface area contributed by atoms with Crippen molar-refractivity contribution in [3.8, 4) is 5.75 Å². The number of unbranched alkanes of at least 4 members (excludes halogenated alkanes) is 3. The summed E-state index contributed by atoms with van der Waals surface area (Å²) in [5.41, 5.74) is 0.541. The van der Waals surface area contributed by atoms with Crippen LogP contribution < -0.4 is 15.4 Å². The van der Waals surface area contributed by atoms with Crippen molar-refractivity contribution in [2.45, 2.75) is 78.2 Å². The summed E-state index contributed by atoms with van der Waals surface area (Å²) < 4.78 is 5.75. The van der Waals surface area contributed by atoms with Crippen LogP contribution >= 0.6 is 0 Å². The lowest BCUT2D eigenvalue weighted by Crippen LogP contribution is -2.48. The molecular formula is C26H43N3O3. The second-order valence-corrected chi connectivity index (χ2v) is 9.06. The van der Waals surface area contributed by atoms with Crippen molar-refractivity contribution in [3.63, 3.8) is 0 Å². The molecule has 32 heavy (non-hydrogen) atoms. The molecule has 1 aromatic carbocycles. The van der Waals surface area contributed by atoms with E-state index in [-0.39, 0.29) is 11.8 Å². The molecule has 1 atom stereocenters. The average Bonchev–Trinajstić information content (AvgIpc) is 2.80. The zero-order chi connectivity index (χ0) is 23.2. The fourth-order valence-corrected chi connectivity index (χ4v) is 3.97. The van der Waals surface area contributed by atoms with Crippen molar-refractivity contribution < 1.29 is 14.3 Å². The second-order valence-electron chi connectivity index (χ2n) is 9.06. The van der Waals surface area contributed by atoms with E-state index >= 15 is 0 Å². The summed E-state index contributed by atoms with van der Waals surface area (Å²) in [6.07, 6.45) is 8.56. The Morgan fingerprint density at radius 2 is 1.78 bits per heavy atom. The summed E-state index contributed by atoms with van der Waals surface area (Å²) in [5, 5.41) is 5.92. The molecule has 0 aliphatic carbocycles. The lowest BCUT2D eigenvalue weighted by molar-refractivity contribution is -0.123. The van der Waals surface area contributed by atoms with Crippen LogP contribution in [0.5, 0.6) is 5.75 Å². The van der Waals surface area contributed by atoms with Crippen molar-refractivity contribution in [2.75, 3.05) is 32.8 Å². The van der Waals surface area contributed by atoms with Crippen molar-refractivity contribution in [1.29, 1.82) is 0 Å². The first-order valence-electron chi connectivity index (χ1n) is 12.6. The van der Waals surface area contributed by atoms with Crippen LogP contribution in [0.25, 0.3) is 0 Å². The molecule has 6 heteroatoms. The molecule has 1 fully saturated rings. The van der Waals surface area contributed by atoms with Crippen LogP contribution in [0.2, 0.25) is 0 Å². The zero-order valence-corrected chi connectivity index (χ0v) is 20.3. The summed E-state index contributed by atoms with van der Waals surface area (Å²) in [6.45, 7) is 10.9. The van der Waals surface area contributed by atoms with E-state index in [0.717, 1.165) is 44.1 Å². The predicted octanol–water partition coefficient (Wildman–Crippen LogP) is 4.39. The van der Waals surface area contributed by atoms with E-state index in [0.29, 0.717) is 25.1 Å². The van der Waals surface area contributed by atoms with E-state index < -0.39 is 6.04 Å². The number of piperidine rings is 1. The molecule has 1 saturated heterocycles. The second kappa shape index (κ2) is 14.9. The Hall–Kier alpha value is -2.08. The van der Waals surface area contributed by atoms with Gasteiger partial charge in [-0.15, -0.1) is 0 Å². The van der Waals surface area contributed by atoms with Gasteiger partial charge < -0.3 is 20.3 Å². The molecule has 0 spiro atoms. The molecule has 1 aliphatic heterocycles. The lowest BCUT2D eigenvalue weighted by atomic mass is 9.99. The quantitative estimate of drug-likeness (QED) is 0.417. The SMILES string of the molecule is CCCCCCOc1ccc(C(=O)N[C@@H](CCC)C(=O)NCCN2CCC(C)CC2)cc1. The minimum absolute atomic E-state index is 0.0994. The highest BCUT2D eigenvalue weighted by Gasteiger charge is 2.21. The number of hydrogen-bond donors (Lipinski definition) is 2. The number of nitrogens with zero attached hydrogens (tertiary/aromatic N) is 1. The number of rotatable bonds is 14. The van der Waals surface area contributed by atoms with Crippen LogP contribution in [-0.2, 0) is 4.79 Å². The first kappa shape index (κ1) is 26.2. The van der Waals surface area contributed by atoms with Gasteiger partial charge in [0.15, 0.2) is 0 Å². The highest BCUT2D eigenvalue weighted by Crippen LogP contribution is 2.15. The molecule has 2 amide bonds. The largest absolute Gasteiger partial charge is 0.494 e. The van der Waals surface area contributed by atoms with Gasteiger partial charge in [0.25, 0.3) is 5.91 Å². The molecule has 6 nitrogen and oxygen atoms in total. The monoisotopic (exact) mass is 445 g/mol. The van der Waals surface area contributed by atoms with Gasteiger partial charge in [-0.25, -0.2) is 0 Å². The standard InChI is InChI=1S/C26H43N3O3/c1-4-6-7-8-20-32-23-12-10-22(11-13-23)25(30)28-24(9-5-2)26(31)27-16-19-29-17-14-21(3)15-18-29/h10-13,21,24H,4-9,14-20H2,1-3H3,(H,27,31)(H,28,30)/t24-/m0/s1. The van der Waals surface area contributed by atoms with Crippen molar-refractivity contribution in [1.82, 2.24) is 15.5 Å². The van der Waals surface area contributed by atoms with E-state index in [9.17, 15) is 9.59 Å². The highest BCUT2D eigenvalue weighted by molar-refractivity contribution is 5.97. The summed E-state index contributed by atoms with van der Waals surface area (Å²) in [5.74, 6) is 1.25. The van der Waals surface area contributed by atoms with E-state index in [1.54, 1.807) is 12.1 Å². The number of carbonyl (C=O) groups is 2. The molecule has 0 bridgehead atoms. The maximum atomic E-state index is 12.7. The predicted molar refractivity (Wildman–Crippen MR) is 130 cm³/mol. The third kappa shape index (κ3) is 9.60. The summed E-state index contributed by atoms with van der Waals surface area (Å²) in [6, 6.07) is 6.65. The van der Waals surface area contributed by atoms with Crippen LogP contribution in [0.3, 0.4) is 0 Å². The number of amides is 2. The molecular weight excluding hydrogens is 402 g/mol. The Kier molecular flexibility index (Phi) is 12.2. The highest BCUT2D eigenvalue weighted by atomic mass is 16.5. The molecule has 180 valence electrons. The van der Waals surface area contributed by atoms with Gasteiger partial charge in [-0.1, -0.05) is 46.5 Å². The minimum Gasteiger partial charge on any atom is -0.494 e. The van der Waals surface area contributed by atoms with Gasteiger partial charge in [0.05, 0.1) is 6.61 Å². The topological polar surface area (TPSA) is 70.7 Å². The van der Waals surface area contributed by atoms with Crippen LogP contribution in [0.15, 0.2) is 24.3 Å². The molecule has 0 radical (unpaired) electrons. The van der Waals surface area contributed by atoms with E-state index in [1.165, 1.54) is 32.1 Å². The third-order valence-corrected chi connectivity index (χ3v) is 6.19. The molecule has 2 rings (SSSR count). The fraction of sp³-hybridized carbons (Fsp3) is 0.692. The number of hydrogen-bond acceptors (Lipinski definition) is 4. The lowest BCUT2D eigenvalue weighted by Gasteiger charge is -2.30. The fourth-order valence-electron chi connectivity index (χ4n) is 3.97. The Labute approximate surface area is 194 Å². The maximum Gasteiger partial charge on any atom is 0.251 e. The molecule has 0 unspecified atom stereocenters. The number of likely N-dealkylation sites (tertiary alicyclic amines) is 1. The van der Waals surface area contributed by atoms with Gasteiger partial charge in [0, 0.05) is 18.7 Å². The number of carbonyl (C=O) groups excluding carboxylic acids is 2. The van der Waals surface area contributed by atoms with Gasteiger partial charge in [0.2, 0.25) is 5.91 Å². The average molecular weight is 446 g/mol. The van der Waals surface area contributed by atoms with E-state index in [1.807, 2.05) is 19.1 Å². The third-order valence-electron chi connectivity index (χ3n) is 6.19. The zero-order valence-electron chi connectivity index (χ0n) is 20.3. The summed E-state index contributed by atoms with van der Waals surface area (Å²) in [4.78, 5) is 27.8. The molecule has 1 aliphatic rings. The Morgan fingerprint density at radius 1 is 1.06 bits per heavy atom. The first-order chi connectivity index (χ1) is 15.5. The normalized spacial score (nSPS) is 15.8. The van der Waals surface area contributed by atoms with Crippen LogP contribution in [0, 0.1) is 5.92 Å². The van der Waals surface area contributed by atoms with Gasteiger partial charge in [-0.05, 0) is 69.0 Å². The van der Waals surface area contributed by atoms with E-state index in [4.69, 9.17) is 4.74 Å². The van der Waals surface area contributed by atoms with Gasteiger partial charge in [-0.3, -0.25) is 9.59 Å². The molecule has 0 aromatic heterocycles. The maximum absolute atomic E-state index is 12.7. The van der Waals surface area contributed by atoms with Crippen LogP contribution in [-0.4, -0.2) is 55.5 Å². The molecule has 1 heterocycles.